The quantitative estimate of drug-likeness (QED) is 0.868. The molecule has 1 fully saturated rings. The summed E-state index contributed by atoms with van der Waals surface area (Å²) in [5, 5.41) is 20.2. The number of phenolic OH excluding ortho intramolecular Hbond substituents is 1. The Hall–Kier alpha value is -1.51. The van der Waals surface area contributed by atoms with E-state index in [-0.39, 0.29) is 5.75 Å². The Balaban J connectivity index is 2.20. The normalized spacial score (nSPS) is 20.6. The average molecular weight is 274 g/mol. The van der Waals surface area contributed by atoms with Crippen LogP contribution in [0.2, 0.25) is 0 Å². The number of aromatic hydroxyl groups is 1. The van der Waals surface area contributed by atoms with Crippen molar-refractivity contribution in [2.75, 3.05) is 0 Å². The molecule has 2 N–H and O–H groups in total. The molecule has 0 bridgehead atoms. The lowest BCUT2D eigenvalue weighted by Gasteiger charge is -2.30. The highest BCUT2D eigenvalue weighted by molar-refractivity contribution is 5.84. The Labute approximate surface area is 119 Å². The van der Waals surface area contributed by atoms with Crippen LogP contribution in [0.15, 0.2) is 6.07 Å². The molecule has 20 heavy (non-hydrogen) atoms. The molecule has 0 heterocycles. The number of fused-ring (bicyclic) bond motifs is 1. The number of aryl methyl sites for hydroxylation is 1. The van der Waals surface area contributed by atoms with Crippen LogP contribution in [-0.4, -0.2) is 16.2 Å². The van der Waals surface area contributed by atoms with Crippen LogP contribution in [0.3, 0.4) is 0 Å². The molecule has 1 saturated carbocycles. The molecule has 0 atom stereocenters. The molecule has 2 aliphatic carbocycles. The molecule has 3 nitrogen and oxygen atoms in total. The number of hydrogen-bond donors (Lipinski definition) is 2. The molecule has 0 unspecified atom stereocenters. The second-order valence-corrected chi connectivity index (χ2v) is 6.33. The van der Waals surface area contributed by atoms with Gasteiger partial charge in [0.2, 0.25) is 0 Å². The van der Waals surface area contributed by atoms with Crippen molar-refractivity contribution < 1.29 is 15.0 Å². The highest BCUT2D eigenvalue weighted by atomic mass is 16.4. The first-order valence-electron chi connectivity index (χ1n) is 7.64. The number of hydrogen-bond acceptors (Lipinski definition) is 2. The summed E-state index contributed by atoms with van der Waals surface area (Å²) in [5.41, 5.74) is 3.37. The van der Waals surface area contributed by atoms with E-state index in [2.05, 4.69) is 0 Å². The maximum atomic E-state index is 11.9. The molecule has 3 heteroatoms. The van der Waals surface area contributed by atoms with Gasteiger partial charge < -0.3 is 10.2 Å². The minimum Gasteiger partial charge on any atom is -0.508 e. The molecule has 108 valence electrons. The lowest BCUT2D eigenvalue weighted by atomic mass is 9.73. The average Bonchev–Trinajstić information content (AvgIpc) is 2.89. The second kappa shape index (κ2) is 4.80. The van der Waals surface area contributed by atoms with Crippen LogP contribution in [0.1, 0.15) is 60.8 Å². The second-order valence-electron chi connectivity index (χ2n) is 6.33. The van der Waals surface area contributed by atoms with E-state index in [1.165, 1.54) is 11.1 Å². The zero-order chi connectivity index (χ0) is 14.3. The molecule has 0 amide bonds. The van der Waals surface area contributed by atoms with Crippen LogP contribution < -0.4 is 0 Å². The number of rotatable bonds is 2. The fourth-order valence-corrected chi connectivity index (χ4v) is 4.25. The molecule has 1 aromatic carbocycles. The van der Waals surface area contributed by atoms with Crippen molar-refractivity contribution in [3.05, 3.63) is 28.3 Å². The summed E-state index contributed by atoms with van der Waals surface area (Å²) in [6.45, 7) is 2.00. The predicted octanol–water partition coefficient (Wildman–Crippen LogP) is 3.48. The molecule has 0 saturated heterocycles. The third-order valence-electron chi connectivity index (χ3n) is 5.25. The van der Waals surface area contributed by atoms with Gasteiger partial charge in [-0.2, -0.15) is 0 Å². The van der Waals surface area contributed by atoms with Crippen molar-refractivity contribution in [1.82, 2.24) is 0 Å². The van der Waals surface area contributed by atoms with Gasteiger partial charge in [-0.05, 0) is 68.2 Å². The fraction of sp³-hybridized carbons (Fsp3) is 0.588. The molecule has 0 radical (unpaired) electrons. The zero-order valence-electron chi connectivity index (χ0n) is 12.0. The summed E-state index contributed by atoms with van der Waals surface area (Å²) in [6, 6.07) is 1.83. The van der Waals surface area contributed by atoms with E-state index in [1.54, 1.807) is 0 Å². The SMILES string of the molecule is Cc1c2c(cc(O)c1C1(C(=O)O)CCCC1)CCCC2. The maximum Gasteiger partial charge on any atom is 0.314 e. The molecule has 0 aromatic heterocycles. The Morgan fingerprint density at radius 1 is 1.15 bits per heavy atom. The number of phenols is 1. The van der Waals surface area contributed by atoms with E-state index in [4.69, 9.17) is 0 Å². The van der Waals surface area contributed by atoms with Gasteiger partial charge in [0, 0.05) is 5.56 Å². The van der Waals surface area contributed by atoms with Gasteiger partial charge in [-0.25, -0.2) is 0 Å². The summed E-state index contributed by atoms with van der Waals surface area (Å²) in [6.07, 6.45) is 7.51. The molecule has 3 rings (SSSR count). The molecule has 2 aliphatic rings. The highest BCUT2D eigenvalue weighted by Crippen LogP contribution is 2.48. The van der Waals surface area contributed by atoms with Gasteiger partial charge >= 0.3 is 5.97 Å². The number of aliphatic carboxylic acids is 1. The Bertz CT molecular complexity index is 554. The topological polar surface area (TPSA) is 57.5 Å². The predicted molar refractivity (Wildman–Crippen MR) is 77.3 cm³/mol. The largest absolute Gasteiger partial charge is 0.508 e. The van der Waals surface area contributed by atoms with E-state index in [0.29, 0.717) is 18.4 Å². The molecule has 1 aromatic rings. The van der Waals surface area contributed by atoms with Gasteiger partial charge in [-0.1, -0.05) is 12.8 Å². The highest BCUT2D eigenvalue weighted by Gasteiger charge is 2.46. The van der Waals surface area contributed by atoms with Crippen molar-refractivity contribution in [2.24, 2.45) is 0 Å². The number of benzene rings is 1. The minimum absolute atomic E-state index is 0.201. The third kappa shape index (κ3) is 1.83. The molecular weight excluding hydrogens is 252 g/mol. The standard InChI is InChI=1S/C17H22O3/c1-11-13-7-3-2-6-12(13)10-14(18)15(11)17(16(19)20)8-4-5-9-17/h10,18H,2-9H2,1H3,(H,19,20). The summed E-state index contributed by atoms with van der Waals surface area (Å²) in [4.78, 5) is 11.9. The van der Waals surface area contributed by atoms with Crippen molar-refractivity contribution >= 4 is 5.97 Å². The lowest BCUT2D eigenvalue weighted by molar-refractivity contribution is -0.143. The zero-order valence-corrected chi connectivity index (χ0v) is 12.0. The van der Waals surface area contributed by atoms with Crippen LogP contribution in [-0.2, 0) is 23.1 Å². The van der Waals surface area contributed by atoms with E-state index in [0.717, 1.165) is 44.1 Å². The summed E-state index contributed by atoms with van der Waals surface area (Å²) >= 11 is 0. The fourth-order valence-electron chi connectivity index (χ4n) is 4.25. The smallest absolute Gasteiger partial charge is 0.314 e. The Morgan fingerprint density at radius 2 is 1.80 bits per heavy atom. The van der Waals surface area contributed by atoms with Crippen molar-refractivity contribution in [3.63, 3.8) is 0 Å². The van der Waals surface area contributed by atoms with Crippen LogP contribution in [0.25, 0.3) is 0 Å². The number of carboxylic acids is 1. The summed E-state index contributed by atoms with van der Waals surface area (Å²) in [7, 11) is 0. The third-order valence-corrected chi connectivity index (χ3v) is 5.25. The van der Waals surface area contributed by atoms with E-state index >= 15 is 0 Å². The Morgan fingerprint density at radius 3 is 2.45 bits per heavy atom. The first-order valence-corrected chi connectivity index (χ1v) is 7.64. The number of carbonyl (C=O) groups is 1. The Kier molecular flexibility index (Phi) is 3.23. The first-order chi connectivity index (χ1) is 9.56. The van der Waals surface area contributed by atoms with Crippen LogP contribution in [0.5, 0.6) is 5.75 Å². The van der Waals surface area contributed by atoms with Crippen LogP contribution in [0.4, 0.5) is 0 Å². The van der Waals surface area contributed by atoms with Gasteiger partial charge in [-0.3, -0.25) is 4.79 Å². The lowest BCUT2D eigenvalue weighted by Crippen LogP contribution is -2.34. The van der Waals surface area contributed by atoms with Crippen molar-refractivity contribution in [3.8, 4) is 5.75 Å². The molecule has 0 spiro atoms. The van der Waals surface area contributed by atoms with E-state index in [9.17, 15) is 15.0 Å². The van der Waals surface area contributed by atoms with Crippen LogP contribution >= 0.6 is 0 Å². The van der Waals surface area contributed by atoms with Gasteiger partial charge in [0.05, 0.1) is 5.41 Å². The van der Waals surface area contributed by atoms with Gasteiger partial charge in [0.1, 0.15) is 5.75 Å². The summed E-state index contributed by atoms with van der Waals surface area (Å²) < 4.78 is 0. The molecular formula is C17H22O3. The van der Waals surface area contributed by atoms with Crippen LogP contribution in [0, 0.1) is 6.92 Å². The van der Waals surface area contributed by atoms with Crippen molar-refractivity contribution in [2.45, 2.75) is 63.7 Å². The molecule has 0 aliphatic heterocycles. The van der Waals surface area contributed by atoms with Gasteiger partial charge in [-0.15, -0.1) is 0 Å². The van der Waals surface area contributed by atoms with E-state index in [1.807, 2.05) is 13.0 Å². The van der Waals surface area contributed by atoms with Crippen molar-refractivity contribution in [1.29, 1.82) is 0 Å². The maximum absolute atomic E-state index is 11.9. The van der Waals surface area contributed by atoms with Gasteiger partial charge in [0.25, 0.3) is 0 Å². The van der Waals surface area contributed by atoms with Gasteiger partial charge in [0.15, 0.2) is 0 Å². The number of carboxylic acid groups (broad SMARTS) is 1. The summed E-state index contributed by atoms with van der Waals surface area (Å²) in [5.74, 6) is -0.573. The first kappa shape index (κ1) is 13.5. The van der Waals surface area contributed by atoms with E-state index < -0.39 is 11.4 Å². The minimum atomic E-state index is -0.860. The monoisotopic (exact) mass is 274 g/mol.